The molecule has 0 radical (unpaired) electrons. The maximum absolute atomic E-state index is 11.0. The standard InChI is InChI=1S/C13H20BrNOS/c1-10-4-5-12(8-13(10)14)9-15-11(2)6-7-17(3)16/h4-5,8,11,15H,6-7,9H2,1-3H3. The lowest BCUT2D eigenvalue weighted by Gasteiger charge is -2.13. The summed E-state index contributed by atoms with van der Waals surface area (Å²) in [6.45, 7) is 5.08. The van der Waals surface area contributed by atoms with Crippen LogP contribution in [0.15, 0.2) is 22.7 Å². The van der Waals surface area contributed by atoms with Crippen molar-refractivity contribution in [3.05, 3.63) is 33.8 Å². The van der Waals surface area contributed by atoms with E-state index in [1.54, 1.807) is 6.26 Å². The molecule has 0 heterocycles. The van der Waals surface area contributed by atoms with E-state index < -0.39 is 10.8 Å². The minimum Gasteiger partial charge on any atom is -0.310 e. The highest BCUT2D eigenvalue weighted by Crippen LogP contribution is 2.17. The van der Waals surface area contributed by atoms with Gasteiger partial charge in [0.25, 0.3) is 0 Å². The van der Waals surface area contributed by atoms with E-state index in [2.05, 4.69) is 53.3 Å². The van der Waals surface area contributed by atoms with Gasteiger partial charge < -0.3 is 5.32 Å². The lowest BCUT2D eigenvalue weighted by Crippen LogP contribution is -2.26. The first kappa shape index (κ1) is 14.9. The second-order valence-electron chi connectivity index (χ2n) is 4.43. The Kier molecular flexibility index (Phi) is 6.38. The van der Waals surface area contributed by atoms with Crippen LogP contribution in [0.1, 0.15) is 24.5 Å². The Balaban J connectivity index is 2.39. The van der Waals surface area contributed by atoms with Crippen molar-refractivity contribution in [3.63, 3.8) is 0 Å². The van der Waals surface area contributed by atoms with Gasteiger partial charge in [-0.25, -0.2) is 0 Å². The number of benzene rings is 1. The maximum Gasteiger partial charge on any atom is 0.0246 e. The van der Waals surface area contributed by atoms with Gasteiger partial charge in [-0.1, -0.05) is 28.1 Å². The molecular formula is C13H20BrNOS. The van der Waals surface area contributed by atoms with Crippen LogP contribution in [0.4, 0.5) is 0 Å². The molecule has 0 aromatic heterocycles. The van der Waals surface area contributed by atoms with Crippen molar-refractivity contribution in [3.8, 4) is 0 Å². The summed E-state index contributed by atoms with van der Waals surface area (Å²) in [6.07, 6.45) is 2.71. The lowest BCUT2D eigenvalue weighted by molar-refractivity contribution is 0.535. The zero-order valence-electron chi connectivity index (χ0n) is 10.6. The average molecular weight is 318 g/mol. The fraction of sp³-hybridized carbons (Fsp3) is 0.538. The third-order valence-electron chi connectivity index (χ3n) is 2.73. The molecule has 1 rings (SSSR count). The minimum atomic E-state index is -0.688. The van der Waals surface area contributed by atoms with Crippen LogP contribution in [0, 0.1) is 6.92 Å². The second-order valence-corrected chi connectivity index (χ2v) is 6.84. The molecule has 0 aliphatic carbocycles. The van der Waals surface area contributed by atoms with Crippen LogP contribution in [0.5, 0.6) is 0 Å². The molecule has 1 aromatic carbocycles. The molecular weight excluding hydrogens is 298 g/mol. The van der Waals surface area contributed by atoms with Crippen LogP contribution in [0.3, 0.4) is 0 Å². The van der Waals surface area contributed by atoms with Gasteiger partial charge in [0.15, 0.2) is 0 Å². The molecule has 2 nitrogen and oxygen atoms in total. The SMILES string of the molecule is Cc1ccc(CNC(C)CCS(C)=O)cc1Br. The van der Waals surface area contributed by atoms with E-state index in [9.17, 15) is 4.21 Å². The monoisotopic (exact) mass is 317 g/mol. The summed E-state index contributed by atoms with van der Waals surface area (Å²) in [4.78, 5) is 0. The molecule has 0 fully saturated rings. The third-order valence-corrected chi connectivity index (χ3v) is 4.39. The van der Waals surface area contributed by atoms with E-state index in [0.717, 1.165) is 23.2 Å². The van der Waals surface area contributed by atoms with Crippen LogP contribution in [0.25, 0.3) is 0 Å². The van der Waals surface area contributed by atoms with E-state index >= 15 is 0 Å². The molecule has 2 unspecified atom stereocenters. The van der Waals surface area contributed by atoms with Crippen LogP contribution >= 0.6 is 15.9 Å². The third kappa shape index (κ3) is 5.80. The Bertz CT molecular complexity index is 395. The Hall–Kier alpha value is -0.190. The van der Waals surface area contributed by atoms with Gasteiger partial charge in [-0.3, -0.25) is 4.21 Å². The molecule has 96 valence electrons. The summed E-state index contributed by atoms with van der Waals surface area (Å²) >= 11 is 3.53. The fourth-order valence-corrected chi connectivity index (χ4v) is 2.59. The van der Waals surface area contributed by atoms with E-state index in [0.29, 0.717) is 6.04 Å². The predicted octanol–water partition coefficient (Wildman–Crippen LogP) is 3.00. The molecule has 17 heavy (non-hydrogen) atoms. The first-order valence-corrected chi connectivity index (χ1v) is 8.29. The Morgan fingerprint density at radius 2 is 2.18 bits per heavy atom. The smallest absolute Gasteiger partial charge is 0.0246 e. The van der Waals surface area contributed by atoms with Crippen molar-refractivity contribution in [2.24, 2.45) is 0 Å². The molecule has 4 heteroatoms. The molecule has 0 aliphatic rings. The van der Waals surface area contributed by atoms with Gasteiger partial charge in [0.05, 0.1) is 0 Å². The normalized spacial score (nSPS) is 14.6. The molecule has 0 amide bonds. The number of aryl methyl sites for hydroxylation is 1. The van der Waals surface area contributed by atoms with Gasteiger partial charge in [-0.15, -0.1) is 0 Å². The highest BCUT2D eigenvalue weighted by Gasteiger charge is 2.03. The van der Waals surface area contributed by atoms with Crippen LogP contribution in [-0.4, -0.2) is 22.3 Å². The predicted molar refractivity (Wildman–Crippen MR) is 78.7 cm³/mol. The second kappa shape index (κ2) is 7.29. The first-order chi connectivity index (χ1) is 7.99. The first-order valence-electron chi connectivity index (χ1n) is 5.77. The summed E-state index contributed by atoms with van der Waals surface area (Å²) in [5, 5.41) is 3.45. The Morgan fingerprint density at radius 3 is 2.76 bits per heavy atom. The van der Waals surface area contributed by atoms with Crippen molar-refractivity contribution in [2.45, 2.75) is 32.9 Å². The minimum absolute atomic E-state index is 0.402. The maximum atomic E-state index is 11.0. The summed E-state index contributed by atoms with van der Waals surface area (Å²) in [5.74, 6) is 0.770. The summed E-state index contributed by atoms with van der Waals surface area (Å²) < 4.78 is 12.1. The van der Waals surface area contributed by atoms with E-state index in [1.807, 2.05) is 0 Å². The van der Waals surface area contributed by atoms with Crippen LogP contribution < -0.4 is 5.32 Å². The van der Waals surface area contributed by atoms with Gasteiger partial charge in [0.2, 0.25) is 0 Å². The molecule has 0 saturated heterocycles. The summed E-state index contributed by atoms with van der Waals surface area (Å²) in [6, 6.07) is 6.80. The van der Waals surface area contributed by atoms with E-state index in [-0.39, 0.29) is 0 Å². The lowest BCUT2D eigenvalue weighted by atomic mass is 10.1. The van der Waals surface area contributed by atoms with Crippen LogP contribution in [-0.2, 0) is 17.3 Å². The number of hydrogen-bond donors (Lipinski definition) is 1. The average Bonchev–Trinajstić information content (AvgIpc) is 2.28. The molecule has 1 aromatic rings. The largest absolute Gasteiger partial charge is 0.310 e. The number of rotatable bonds is 6. The number of hydrogen-bond acceptors (Lipinski definition) is 2. The quantitative estimate of drug-likeness (QED) is 0.874. The van der Waals surface area contributed by atoms with Crippen molar-refractivity contribution in [1.29, 1.82) is 0 Å². The molecule has 1 N–H and O–H groups in total. The number of nitrogens with one attached hydrogen (secondary N) is 1. The molecule has 0 saturated carbocycles. The van der Waals surface area contributed by atoms with Crippen molar-refractivity contribution in [2.75, 3.05) is 12.0 Å². The summed E-state index contributed by atoms with van der Waals surface area (Å²) in [7, 11) is -0.688. The van der Waals surface area contributed by atoms with Gasteiger partial charge in [-0.2, -0.15) is 0 Å². The van der Waals surface area contributed by atoms with Crippen molar-refractivity contribution >= 4 is 26.7 Å². The molecule has 0 spiro atoms. The van der Waals surface area contributed by atoms with Gasteiger partial charge in [-0.05, 0) is 37.5 Å². The van der Waals surface area contributed by atoms with Crippen LogP contribution in [0.2, 0.25) is 0 Å². The molecule has 0 aliphatic heterocycles. The highest BCUT2D eigenvalue weighted by atomic mass is 79.9. The highest BCUT2D eigenvalue weighted by molar-refractivity contribution is 9.10. The Morgan fingerprint density at radius 1 is 1.47 bits per heavy atom. The fourth-order valence-electron chi connectivity index (χ4n) is 1.48. The van der Waals surface area contributed by atoms with Gasteiger partial charge >= 0.3 is 0 Å². The zero-order chi connectivity index (χ0) is 12.8. The Labute approximate surface area is 115 Å². The molecule has 2 atom stereocenters. The van der Waals surface area contributed by atoms with Gasteiger partial charge in [0.1, 0.15) is 0 Å². The van der Waals surface area contributed by atoms with Crippen molar-refractivity contribution in [1.82, 2.24) is 5.32 Å². The van der Waals surface area contributed by atoms with E-state index in [4.69, 9.17) is 0 Å². The van der Waals surface area contributed by atoms with Gasteiger partial charge in [0, 0.05) is 39.9 Å². The van der Waals surface area contributed by atoms with Crippen molar-refractivity contribution < 1.29 is 4.21 Å². The zero-order valence-corrected chi connectivity index (χ0v) is 13.0. The summed E-state index contributed by atoms with van der Waals surface area (Å²) in [5.41, 5.74) is 2.52. The molecule has 0 bridgehead atoms. The topological polar surface area (TPSA) is 29.1 Å². The van der Waals surface area contributed by atoms with E-state index in [1.165, 1.54) is 11.1 Å². The number of halogens is 1.